The van der Waals surface area contributed by atoms with Crippen molar-refractivity contribution in [3.05, 3.63) is 99.1 Å². The molecule has 3 aromatic carbocycles. The van der Waals surface area contributed by atoms with Crippen molar-refractivity contribution in [1.29, 1.82) is 0 Å². The van der Waals surface area contributed by atoms with Crippen LogP contribution in [-0.2, 0) is 14.3 Å². The van der Waals surface area contributed by atoms with Gasteiger partial charge < -0.3 is 4.74 Å². The number of ketones is 1. The lowest BCUT2D eigenvalue weighted by molar-refractivity contribution is -0.385. The highest BCUT2D eigenvalue weighted by atomic mass is 16.6. The number of rotatable bonds is 7. The first-order chi connectivity index (χ1) is 21.6. The van der Waals surface area contributed by atoms with Gasteiger partial charge in [0, 0.05) is 28.1 Å². The zero-order valence-electron chi connectivity index (χ0n) is 24.7. The van der Waals surface area contributed by atoms with Crippen LogP contribution in [0.3, 0.4) is 0 Å². The van der Waals surface area contributed by atoms with Gasteiger partial charge in [0.2, 0.25) is 17.6 Å². The second-order valence-corrected chi connectivity index (χ2v) is 12.3. The first-order valence-electron chi connectivity index (χ1n) is 15.0. The average Bonchev–Trinajstić information content (AvgIpc) is 3.72. The van der Waals surface area contributed by atoms with E-state index in [1.807, 2.05) is 19.1 Å². The van der Waals surface area contributed by atoms with Crippen LogP contribution in [0.5, 0.6) is 0 Å². The molecule has 2 saturated carbocycles. The molecule has 2 amide bonds. The number of hydrogen-bond acceptors (Lipinski definition) is 8. The molecule has 10 heteroatoms. The lowest BCUT2D eigenvalue weighted by atomic mass is 9.81. The van der Waals surface area contributed by atoms with Crippen LogP contribution < -0.4 is 4.90 Å². The minimum Gasteiger partial charge on any atom is -0.454 e. The molecule has 4 aromatic rings. The molecule has 226 valence electrons. The van der Waals surface area contributed by atoms with Crippen LogP contribution >= 0.6 is 0 Å². The van der Waals surface area contributed by atoms with E-state index >= 15 is 0 Å². The second-order valence-electron chi connectivity index (χ2n) is 12.3. The Morgan fingerprint density at radius 3 is 2.29 bits per heavy atom. The van der Waals surface area contributed by atoms with E-state index in [9.17, 15) is 29.3 Å². The van der Waals surface area contributed by atoms with Crippen LogP contribution in [0.1, 0.15) is 51.1 Å². The van der Waals surface area contributed by atoms with Crippen molar-refractivity contribution in [2.45, 2.75) is 33.1 Å². The van der Waals surface area contributed by atoms with E-state index in [0.717, 1.165) is 24.8 Å². The van der Waals surface area contributed by atoms with E-state index in [4.69, 9.17) is 9.72 Å². The quantitative estimate of drug-likeness (QED) is 0.0825. The van der Waals surface area contributed by atoms with E-state index < -0.39 is 23.3 Å². The van der Waals surface area contributed by atoms with Gasteiger partial charge in [-0.15, -0.1) is 0 Å². The first-order valence-corrected chi connectivity index (χ1v) is 15.0. The Labute approximate surface area is 258 Å². The Balaban J connectivity index is 1.15. The van der Waals surface area contributed by atoms with E-state index in [1.165, 1.54) is 23.1 Å². The topological polar surface area (TPSA) is 137 Å². The highest BCUT2D eigenvalue weighted by Gasteiger charge is 2.61. The summed E-state index contributed by atoms with van der Waals surface area (Å²) in [5.74, 6) is -1.33. The number of esters is 1. The van der Waals surface area contributed by atoms with Gasteiger partial charge in [-0.05, 0) is 75.3 Å². The summed E-state index contributed by atoms with van der Waals surface area (Å²) < 4.78 is 5.41. The van der Waals surface area contributed by atoms with Gasteiger partial charge in [-0.25, -0.2) is 9.78 Å². The molecule has 3 aliphatic rings. The number of aromatic nitrogens is 1. The van der Waals surface area contributed by atoms with Gasteiger partial charge in [0.15, 0.2) is 6.61 Å². The largest absolute Gasteiger partial charge is 0.454 e. The number of carbonyl (C=O) groups is 4. The summed E-state index contributed by atoms with van der Waals surface area (Å²) in [5.41, 5.74) is 3.61. The SMILES string of the molecule is Cc1ccc2nc(-c3ccc(N4C(=O)C5C6CCC(C6)C5C4=O)cc3)cc(C(=O)OCC(=O)c3ccc(C)c([N+](=O)[O-])c3)c2c1. The van der Waals surface area contributed by atoms with Crippen molar-refractivity contribution in [3.63, 3.8) is 0 Å². The molecule has 7 rings (SSSR count). The fourth-order valence-electron chi connectivity index (χ4n) is 7.37. The maximum absolute atomic E-state index is 13.4. The van der Waals surface area contributed by atoms with Crippen LogP contribution in [0.2, 0.25) is 0 Å². The third-order valence-corrected chi connectivity index (χ3v) is 9.59. The summed E-state index contributed by atoms with van der Waals surface area (Å²) >= 11 is 0. The highest BCUT2D eigenvalue weighted by Crippen LogP contribution is 2.56. The Hall–Kier alpha value is -5.25. The number of Topliss-reactive ketones (excluding diaryl/α,β-unsaturated/α-hetero) is 1. The number of imide groups is 1. The van der Waals surface area contributed by atoms with Gasteiger partial charge in [0.1, 0.15) is 0 Å². The van der Waals surface area contributed by atoms with Crippen LogP contribution in [-0.4, -0.2) is 40.1 Å². The summed E-state index contributed by atoms with van der Waals surface area (Å²) in [6, 6.07) is 18.2. The third kappa shape index (κ3) is 4.77. The summed E-state index contributed by atoms with van der Waals surface area (Å²) in [6.45, 7) is 2.86. The smallest absolute Gasteiger partial charge is 0.339 e. The normalized spacial score (nSPS) is 21.8. The summed E-state index contributed by atoms with van der Waals surface area (Å²) in [5, 5.41) is 11.8. The number of pyridine rings is 1. The molecule has 4 unspecified atom stereocenters. The van der Waals surface area contributed by atoms with Crippen molar-refractivity contribution in [2.24, 2.45) is 23.7 Å². The van der Waals surface area contributed by atoms with Gasteiger partial charge in [-0.3, -0.25) is 29.4 Å². The molecular weight excluding hydrogens is 574 g/mol. The van der Waals surface area contributed by atoms with Gasteiger partial charge in [-0.1, -0.05) is 35.9 Å². The van der Waals surface area contributed by atoms with Crippen molar-refractivity contribution in [2.75, 3.05) is 11.5 Å². The standard InChI is InChI=1S/C35H29N3O7/c1-18-3-12-27-25(13-18)26(35(42)45-17-30(39)21-5-4-19(2)29(15-21)38(43)44)16-28(36-27)20-8-10-24(11-9-20)37-33(40)31-22-6-7-23(14-22)32(31)34(37)41/h3-5,8-13,15-16,22-23,31-32H,6-7,14,17H2,1-2H3. The Kier molecular flexibility index (Phi) is 6.80. The summed E-state index contributed by atoms with van der Waals surface area (Å²) in [7, 11) is 0. The molecule has 1 saturated heterocycles. The van der Waals surface area contributed by atoms with Gasteiger partial charge in [0.05, 0.1) is 39.2 Å². The molecule has 2 heterocycles. The van der Waals surface area contributed by atoms with Crippen LogP contribution in [0.25, 0.3) is 22.2 Å². The number of carbonyl (C=O) groups excluding carboxylic acids is 4. The predicted octanol–water partition coefficient (Wildman–Crippen LogP) is 6.00. The van der Waals surface area contributed by atoms with Crippen LogP contribution in [0, 0.1) is 47.6 Å². The van der Waals surface area contributed by atoms with Crippen molar-refractivity contribution in [3.8, 4) is 11.3 Å². The lowest BCUT2D eigenvalue weighted by Gasteiger charge is -2.19. The minimum atomic E-state index is -0.740. The maximum Gasteiger partial charge on any atom is 0.339 e. The highest BCUT2D eigenvalue weighted by molar-refractivity contribution is 6.22. The zero-order chi connectivity index (χ0) is 31.6. The number of amides is 2. The fraction of sp³-hybridized carbons (Fsp3) is 0.286. The Morgan fingerprint density at radius 2 is 1.62 bits per heavy atom. The van der Waals surface area contributed by atoms with Crippen molar-refractivity contribution in [1.82, 2.24) is 4.98 Å². The van der Waals surface area contributed by atoms with Gasteiger partial charge in [0.25, 0.3) is 5.69 Å². The van der Waals surface area contributed by atoms with Crippen LogP contribution in [0.15, 0.2) is 66.7 Å². The number of nitrogens with zero attached hydrogens (tertiary/aromatic N) is 3. The van der Waals surface area contributed by atoms with Gasteiger partial charge >= 0.3 is 5.97 Å². The monoisotopic (exact) mass is 603 g/mol. The van der Waals surface area contributed by atoms with Gasteiger partial charge in [-0.2, -0.15) is 0 Å². The molecule has 45 heavy (non-hydrogen) atoms. The molecule has 1 aliphatic heterocycles. The first kappa shape index (κ1) is 28.5. The molecular formula is C35H29N3O7. The number of ether oxygens (including phenoxy) is 1. The molecule has 2 bridgehead atoms. The number of nitro groups is 1. The maximum atomic E-state index is 13.4. The van der Waals surface area contributed by atoms with E-state index in [-0.39, 0.29) is 40.5 Å². The molecule has 0 radical (unpaired) electrons. The number of anilines is 1. The van der Waals surface area contributed by atoms with E-state index in [1.54, 1.807) is 43.3 Å². The number of nitro benzene ring substituents is 1. The zero-order valence-corrected chi connectivity index (χ0v) is 24.7. The molecule has 3 fully saturated rings. The summed E-state index contributed by atoms with van der Waals surface area (Å²) in [6.07, 6.45) is 3.00. The summed E-state index contributed by atoms with van der Waals surface area (Å²) in [4.78, 5) is 69.6. The van der Waals surface area contributed by atoms with Crippen LogP contribution in [0.4, 0.5) is 11.4 Å². The molecule has 0 N–H and O–H groups in total. The lowest BCUT2D eigenvalue weighted by Crippen LogP contribution is -2.32. The third-order valence-electron chi connectivity index (χ3n) is 9.59. The molecule has 2 aliphatic carbocycles. The fourth-order valence-corrected chi connectivity index (χ4v) is 7.37. The van der Waals surface area contributed by atoms with E-state index in [0.29, 0.717) is 45.2 Å². The number of aryl methyl sites for hydroxylation is 2. The predicted molar refractivity (Wildman–Crippen MR) is 165 cm³/mol. The van der Waals surface area contributed by atoms with Crippen molar-refractivity contribution < 1.29 is 28.8 Å². The Bertz CT molecular complexity index is 1920. The molecule has 10 nitrogen and oxygen atoms in total. The average molecular weight is 604 g/mol. The molecule has 1 aromatic heterocycles. The number of hydrogen-bond donors (Lipinski definition) is 0. The van der Waals surface area contributed by atoms with E-state index in [2.05, 4.69) is 0 Å². The second kappa shape index (κ2) is 10.7. The minimum absolute atomic E-state index is 0.0718. The Morgan fingerprint density at radius 1 is 0.933 bits per heavy atom. The molecule has 4 atom stereocenters. The van der Waals surface area contributed by atoms with Crippen molar-refractivity contribution >= 4 is 45.8 Å². The number of fused-ring (bicyclic) bond motifs is 6. The molecule has 0 spiro atoms. The number of benzene rings is 3.